The van der Waals surface area contributed by atoms with E-state index in [-0.39, 0.29) is 24.3 Å². The van der Waals surface area contributed by atoms with E-state index in [1.165, 1.54) is 21.3 Å². The number of amides is 1. The minimum atomic E-state index is -0.309. The molecule has 1 saturated heterocycles. The van der Waals surface area contributed by atoms with Gasteiger partial charge in [0.1, 0.15) is 17.1 Å². The Hall–Kier alpha value is -2.24. The van der Waals surface area contributed by atoms with E-state index >= 15 is 0 Å². The number of hydrogen-bond acceptors (Lipinski definition) is 5. The zero-order valence-corrected chi connectivity index (χ0v) is 13.1. The third-order valence-corrected chi connectivity index (χ3v) is 3.91. The summed E-state index contributed by atoms with van der Waals surface area (Å²) in [6, 6.07) is 5.07. The Labute approximate surface area is 129 Å². The number of carbonyl (C=O) groups excluding carboxylic acids is 2. The summed E-state index contributed by atoms with van der Waals surface area (Å²) in [6.45, 7) is 0.613. The van der Waals surface area contributed by atoms with Gasteiger partial charge in [0.15, 0.2) is 0 Å². The van der Waals surface area contributed by atoms with Crippen LogP contribution in [0.4, 0.5) is 0 Å². The first-order valence-corrected chi connectivity index (χ1v) is 7.21. The van der Waals surface area contributed by atoms with Crippen molar-refractivity contribution in [2.24, 2.45) is 0 Å². The van der Waals surface area contributed by atoms with Crippen molar-refractivity contribution in [2.75, 3.05) is 27.9 Å². The first-order chi connectivity index (χ1) is 10.6. The van der Waals surface area contributed by atoms with Crippen molar-refractivity contribution in [3.05, 3.63) is 23.8 Å². The third kappa shape index (κ3) is 3.16. The smallest absolute Gasteiger partial charge is 0.307 e. The Morgan fingerprint density at radius 2 is 1.82 bits per heavy atom. The molecule has 2 rings (SSSR count). The van der Waals surface area contributed by atoms with Crippen molar-refractivity contribution in [3.63, 3.8) is 0 Å². The van der Waals surface area contributed by atoms with E-state index in [4.69, 9.17) is 14.2 Å². The maximum Gasteiger partial charge on any atom is 0.307 e. The maximum atomic E-state index is 12.9. The molecule has 1 aliphatic heterocycles. The van der Waals surface area contributed by atoms with Crippen molar-refractivity contribution in [2.45, 2.75) is 25.3 Å². The van der Waals surface area contributed by atoms with Gasteiger partial charge in [-0.15, -0.1) is 0 Å². The van der Waals surface area contributed by atoms with Gasteiger partial charge in [-0.2, -0.15) is 0 Å². The van der Waals surface area contributed by atoms with Crippen LogP contribution in [0.2, 0.25) is 0 Å². The lowest BCUT2D eigenvalue weighted by atomic mass is 10.1. The monoisotopic (exact) mass is 307 g/mol. The Morgan fingerprint density at radius 1 is 1.18 bits per heavy atom. The molecule has 0 aromatic heterocycles. The fourth-order valence-electron chi connectivity index (χ4n) is 2.80. The summed E-state index contributed by atoms with van der Waals surface area (Å²) < 4.78 is 15.3. The summed E-state index contributed by atoms with van der Waals surface area (Å²) in [6.07, 6.45) is 1.86. The van der Waals surface area contributed by atoms with E-state index in [9.17, 15) is 9.59 Å². The summed E-state index contributed by atoms with van der Waals surface area (Å²) in [5.41, 5.74) is 0.393. The molecule has 6 nitrogen and oxygen atoms in total. The minimum Gasteiger partial charge on any atom is -0.496 e. The van der Waals surface area contributed by atoms with Gasteiger partial charge in [-0.25, -0.2) is 0 Å². The molecule has 0 radical (unpaired) electrons. The molecular formula is C16H21NO5. The molecule has 0 saturated carbocycles. The molecule has 0 N–H and O–H groups in total. The number of nitrogens with zero attached hydrogens (tertiary/aromatic N) is 1. The zero-order valence-electron chi connectivity index (χ0n) is 13.1. The number of likely N-dealkylation sites (tertiary alicyclic amines) is 1. The first-order valence-electron chi connectivity index (χ1n) is 7.21. The molecule has 1 aliphatic rings. The van der Waals surface area contributed by atoms with Crippen molar-refractivity contribution in [3.8, 4) is 11.5 Å². The van der Waals surface area contributed by atoms with Gasteiger partial charge in [-0.05, 0) is 25.0 Å². The first kappa shape index (κ1) is 16.1. The van der Waals surface area contributed by atoms with Crippen LogP contribution in [-0.2, 0) is 9.53 Å². The van der Waals surface area contributed by atoms with Gasteiger partial charge in [-0.1, -0.05) is 6.07 Å². The van der Waals surface area contributed by atoms with Crippen molar-refractivity contribution in [1.29, 1.82) is 0 Å². The molecule has 0 spiro atoms. The van der Waals surface area contributed by atoms with Crippen molar-refractivity contribution in [1.82, 2.24) is 4.90 Å². The highest BCUT2D eigenvalue weighted by Crippen LogP contribution is 2.32. The fourth-order valence-corrected chi connectivity index (χ4v) is 2.80. The lowest BCUT2D eigenvalue weighted by Crippen LogP contribution is -2.37. The van der Waals surface area contributed by atoms with E-state index in [0.29, 0.717) is 23.6 Å². The van der Waals surface area contributed by atoms with Gasteiger partial charge >= 0.3 is 5.97 Å². The molecule has 0 bridgehead atoms. The predicted octanol–water partition coefficient (Wildman–Crippen LogP) is 1.87. The highest BCUT2D eigenvalue weighted by Gasteiger charge is 2.34. The standard InChI is InChI=1S/C16H21NO5/c1-20-12-7-4-8-13(21-2)15(12)16(19)17-9-5-6-11(17)10-14(18)22-3/h4,7-8,11H,5-6,9-10H2,1-3H3/t11-/m1/s1. The molecule has 1 fully saturated rings. The number of ether oxygens (including phenoxy) is 3. The second kappa shape index (κ2) is 7.15. The minimum absolute atomic E-state index is 0.144. The van der Waals surface area contributed by atoms with Crippen LogP contribution >= 0.6 is 0 Å². The Balaban J connectivity index is 2.29. The molecule has 1 heterocycles. The van der Waals surface area contributed by atoms with Crippen LogP contribution < -0.4 is 9.47 Å². The maximum absolute atomic E-state index is 12.9. The van der Waals surface area contributed by atoms with Crippen LogP contribution in [0.3, 0.4) is 0 Å². The van der Waals surface area contributed by atoms with E-state index in [1.54, 1.807) is 23.1 Å². The zero-order chi connectivity index (χ0) is 16.1. The van der Waals surface area contributed by atoms with Gasteiger partial charge in [0.2, 0.25) is 0 Å². The van der Waals surface area contributed by atoms with Crippen molar-refractivity contribution >= 4 is 11.9 Å². The number of esters is 1. The van der Waals surface area contributed by atoms with Gasteiger partial charge in [-0.3, -0.25) is 9.59 Å². The van der Waals surface area contributed by atoms with Crippen LogP contribution in [0.15, 0.2) is 18.2 Å². The van der Waals surface area contributed by atoms with Crippen LogP contribution in [0.5, 0.6) is 11.5 Å². The molecule has 0 aliphatic carbocycles. The molecular weight excluding hydrogens is 286 g/mol. The summed E-state index contributed by atoms with van der Waals surface area (Å²) in [7, 11) is 4.38. The van der Waals surface area contributed by atoms with E-state index in [0.717, 1.165) is 12.8 Å². The van der Waals surface area contributed by atoms with Gasteiger partial charge in [0, 0.05) is 12.6 Å². The number of methoxy groups -OCH3 is 3. The summed E-state index contributed by atoms with van der Waals surface area (Å²) in [5.74, 6) is 0.443. The number of benzene rings is 1. The quantitative estimate of drug-likeness (QED) is 0.777. The predicted molar refractivity (Wildman–Crippen MR) is 80.2 cm³/mol. The van der Waals surface area contributed by atoms with E-state index in [1.807, 2.05) is 0 Å². The highest BCUT2D eigenvalue weighted by molar-refractivity contribution is 6.00. The second-order valence-corrected chi connectivity index (χ2v) is 5.11. The topological polar surface area (TPSA) is 65.1 Å². The highest BCUT2D eigenvalue weighted by atomic mass is 16.5. The molecule has 0 unspecified atom stereocenters. The SMILES string of the molecule is COC(=O)C[C@H]1CCCN1C(=O)c1c(OC)cccc1OC. The van der Waals surface area contributed by atoms with Gasteiger partial charge in [0.25, 0.3) is 5.91 Å². The number of carbonyl (C=O) groups is 2. The largest absolute Gasteiger partial charge is 0.496 e. The number of hydrogen-bond donors (Lipinski definition) is 0. The average molecular weight is 307 g/mol. The summed E-state index contributed by atoms with van der Waals surface area (Å²) >= 11 is 0. The van der Waals surface area contributed by atoms with Gasteiger partial charge in [0.05, 0.1) is 27.8 Å². The average Bonchev–Trinajstić information content (AvgIpc) is 3.01. The van der Waals surface area contributed by atoms with Crippen LogP contribution in [0.1, 0.15) is 29.6 Å². The Morgan fingerprint density at radius 3 is 2.36 bits per heavy atom. The Kier molecular flexibility index (Phi) is 5.25. The normalized spacial score (nSPS) is 17.2. The molecule has 22 heavy (non-hydrogen) atoms. The van der Waals surface area contributed by atoms with E-state index in [2.05, 4.69) is 0 Å². The molecule has 1 aromatic carbocycles. The summed E-state index contributed by atoms with van der Waals surface area (Å²) in [5, 5.41) is 0. The lowest BCUT2D eigenvalue weighted by Gasteiger charge is -2.25. The Bertz CT molecular complexity index is 535. The summed E-state index contributed by atoms with van der Waals surface area (Å²) in [4.78, 5) is 26.1. The van der Waals surface area contributed by atoms with E-state index < -0.39 is 0 Å². The van der Waals surface area contributed by atoms with Crippen LogP contribution in [0.25, 0.3) is 0 Å². The molecule has 6 heteroatoms. The fraction of sp³-hybridized carbons (Fsp3) is 0.500. The van der Waals surface area contributed by atoms with Gasteiger partial charge < -0.3 is 19.1 Å². The van der Waals surface area contributed by atoms with Crippen molar-refractivity contribution < 1.29 is 23.8 Å². The molecule has 1 amide bonds. The number of rotatable bonds is 5. The van der Waals surface area contributed by atoms with Crippen LogP contribution in [0, 0.1) is 0 Å². The molecule has 1 atom stereocenters. The molecule has 120 valence electrons. The second-order valence-electron chi connectivity index (χ2n) is 5.11. The molecule has 1 aromatic rings. The lowest BCUT2D eigenvalue weighted by molar-refractivity contribution is -0.141. The van der Waals surface area contributed by atoms with Crippen LogP contribution in [-0.4, -0.2) is 50.7 Å². The third-order valence-electron chi connectivity index (χ3n) is 3.91.